The Morgan fingerprint density at radius 3 is 2.35 bits per heavy atom. The molecule has 0 bridgehead atoms. The molecular formula is C20H24N6O4S. The highest BCUT2D eigenvalue weighted by Crippen LogP contribution is 2.29. The highest BCUT2D eigenvalue weighted by atomic mass is 32.2. The van der Waals surface area contributed by atoms with Crippen molar-refractivity contribution in [1.29, 1.82) is 0 Å². The van der Waals surface area contributed by atoms with Crippen LogP contribution in [0.4, 0.5) is 5.82 Å². The molecule has 11 heteroatoms. The minimum Gasteiger partial charge on any atom is -0.497 e. The number of thioether (sulfide) groups is 1. The zero-order valence-electron chi connectivity index (χ0n) is 17.9. The molecule has 1 aromatic carbocycles. The van der Waals surface area contributed by atoms with E-state index in [0.717, 1.165) is 32.2 Å². The molecule has 3 rings (SSSR count). The van der Waals surface area contributed by atoms with Crippen LogP contribution in [-0.4, -0.2) is 42.5 Å². The molecule has 0 radical (unpaired) electrons. The lowest BCUT2D eigenvalue weighted by Crippen LogP contribution is -2.41. The number of nitrogens with zero attached hydrogens (tertiary/aromatic N) is 5. The minimum atomic E-state index is -0.713. The van der Waals surface area contributed by atoms with Crippen molar-refractivity contribution in [3.8, 4) is 17.1 Å². The first-order valence-corrected chi connectivity index (χ1v) is 10.5. The second-order valence-electron chi connectivity index (χ2n) is 7.18. The standard InChI is InChI=1S/C20H24N6O4S/c1-11(2)26-17(12-6-8-13(30-5)9-7-12)22-23-19(26)31-10-14(27)15-16(21)24(3)20(29)25(4)18(15)28/h6-9,11H,10,21H2,1-5H3. The van der Waals surface area contributed by atoms with Gasteiger partial charge in [-0.1, -0.05) is 11.8 Å². The van der Waals surface area contributed by atoms with Gasteiger partial charge in [0.25, 0.3) is 5.56 Å². The zero-order chi connectivity index (χ0) is 22.9. The van der Waals surface area contributed by atoms with E-state index in [4.69, 9.17) is 10.5 Å². The first-order valence-electron chi connectivity index (χ1n) is 9.48. The number of benzene rings is 1. The lowest BCUT2D eigenvalue weighted by Gasteiger charge is -2.14. The van der Waals surface area contributed by atoms with Crippen LogP contribution < -0.4 is 21.7 Å². The third-order valence-electron chi connectivity index (χ3n) is 4.85. The first kappa shape index (κ1) is 22.3. The summed E-state index contributed by atoms with van der Waals surface area (Å²) < 4.78 is 9.06. The number of Topliss-reactive ketones (excluding diaryl/α,β-unsaturated/α-hetero) is 1. The Morgan fingerprint density at radius 2 is 1.77 bits per heavy atom. The second kappa shape index (κ2) is 8.80. The molecule has 0 saturated heterocycles. The van der Waals surface area contributed by atoms with Gasteiger partial charge in [0.2, 0.25) is 0 Å². The maximum absolute atomic E-state index is 12.8. The van der Waals surface area contributed by atoms with Gasteiger partial charge in [-0.2, -0.15) is 0 Å². The normalized spacial score (nSPS) is 11.2. The van der Waals surface area contributed by atoms with Crippen molar-refractivity contribution in [2.24, 2.45) is 14.1 Å². The van der Waals surface area contributed by atoms with Gasteiger partial charge in [0, 0.05) is 25.7 Å². The molecule has 0 aliphatic rings. The number of ketones is 1. The van der Waals surface area contributed by atoms with Crippen molar-refractivity contribution in [2.45, 2.75) is 25.0 Å². The molecule has 2 aromatic heterocycles. The molecule has 2 heterocycles. The number of ether oxygens (including phenoxy) is 1. The predicted octanol–water partition coefficient (Wildman–Crippen LogP) is 1.49. The number of carbonyl (C=O) groups excluding carboxylic acids is 1. The summed E-state index contributed by atoms with van der Waals surface area (Å²) in [6, 6.07) is 7.47. The van der Waals surface area contributed by atoms with E-state index in [2.05, 4.69) is 10.2 Å². The number of nitrogens with two attached hydrogens (primary N) is 1. The Bertz CT molecular complexity index is 1240. The number of carbonyl (C=O) groups is 1. The van der Waals surface area contributed by atoms with Crippen LogP contribution in [0.15, 0.2) is 39.0 Å². The zero-order valence-corrected chi connectivity index (χ0v) is 18.8. The van der Waals surface area contributed by atoms with Crippen LogP contribution in [0.3, 0.4) is 0 Å². The van der Waals surface area contributed by atoms with E-state index in [9.17, 15) is 14.4 Å². The SMILES string of the molecule is COc1ccc(-c2nnc(SCC(=O)c3c(N)n(C)c(=O)n(C)c3=O)n2C(C)C)cc1. The van der Waals surface area contributed by atoms with Crippen molar-refractivity contribution >= 4 is 23.4 Å². The van der Waals surface area contributed by atoms with Gasteiger partial charge in [-0.3, -0.25) is 23.3 Å². The summed E-state index contributed by atoms with van der Waals surface area (Å²) in [5.41, 5.74) is 5.23. The van der Waals surface area contributed by atoms with Crippen LogP contribution in [0.1, 0.15) is 30.2 Å². The lowest BCUT2D eigenvalue weighted by atomic mass is 10.2. The van der Waals surface area contributed by atoms with Gasteiger partial charge in [-0.25, -0.2) is 4.79 Å². The van der Waals surface area contributed by atoms with Gasteiger partial charge < -0.3 is 10.5 Å². The van der Waals surface area contributed by atoms with E-state index in [1.54, 1.807) is 7.11 Å². The van der Waals surface area contributed by atoms with E-state index in [1.165, 1.54) is 14.1 Å². The number of methoxy groups -OCH3 is 1. The smallest absolute Gasteiger partial charge is 0.332 e. The summed E-state index contributed by atoms with van der Waals surface area (Å²) in [6.07, 6.45) is 0. The Hall–Kier alpha value is -3.34. The van der Waals surface area contributed by atoms with Crippen molar-refractivity contribution in [3.05, 3.63) is 50.7 Å². The first-order chi connectivity index (χ1) is 14.7. The molecule has 0 spiro atoms. The van der Waals surface area contributed by atoms with E-state index >= 15 is 0 Å². The van der Waals surface area contributed by atoms with Crippen LogP contribution in [0.25, 0.3) is 11.4 Å². The third-order valence-corrected chi connectivity index (χ3v) is 5.79. The summed E-state index contributed by atoms with van der Waals surface area (Å²) in [4.78, 5) is 37.2. The average molecular weight is 445 g/mol. The molecule has 0 atom stereocenters. The van der Waals surface area contributed by atoms with E-state index < -0.39 is 17.0 Å². The number of nitrogen functional groups attached to an aromatic ring is 1. The van der Waals surface area contributed by atoms with Crippen LogP contribution in [0.5, 0.6) is 5.75 Å². The quantitative estimate of drug-likeness (QED) is 0.429. The fourth-order valence-corrected chi connectivity index (χ4v) is 4.04. The van der Waals surface area contributed by atoms with Gasteiger partial charge in [0.1, 0.15) is 17.1 Å². The summed E-state index contributed by atoms with van der Waals surface area (Å²) in [5.74, 6) is 0.678. The maximum atomic E-state index is 12.8. The van der Waals surface area contributed by atoms with Crippen LogP contribution >= 0.6 is 11.8 Å². The molecule has 164 valence electrons. The van der Waals surface area contributed by atoms with Gasteiger partial charge in [-0.15, -0.1) is 10.2 Å². The highest BCUT2D eigenvalue weighted by Gasteiger charge is 2.23. The molecule has 0 unspecified atom stereocenters. The third kappa shape index (κ3) is 4.13. The molecule has 0 saturated carbocycles. The molecule has 2 N–H and O–H groups in total. The monoisotopic (exact) mass is 444 g/mol. The van der Waals surface area contributed by atoms with E-state index in [0.29, 0.717) is 11.0 Å². The summed E-state index contributed by atoms with van der Waals surface area (Å²) in [5, 5.41) is 9.07. The summed E-state index contributed by atoms with van der Waals surface area (Å²) in [7, 11) is 4.32. The van der Waals surface area contributed by atoms with Gasteiger partial charge in [-0.05, 0) is 38.1 Å². The second-order valence-corrected chi connectivity index (χ2v) is 8.12. The summed E-state index contributed by atoms with van der Waals surface area (Å²) in [6.45, 7) is 3.98. The topological polar surface area (TPSA) is 127 Å². The fourth-order valence-electron chi connectivity index (χ4n) is 3.10. The van der Waals surface area contributed by atoms with Crippen molar-refractivity contribution in [3.63, 3.8) is 0 Å². The molecule has 31 heavy (non-hydrogen) atoms. The molecule has 3 aromatic rings. The molecule has 0 fully saturated rings. The number of hydrogen-bond acceptors (Lipinski definition) is 8. The Balaban J connectivity index is 1.91. The summed E-state index contributed by atoms with van der Waals surface area (Å²) >= 11 is 1.16. The van der Waals surface area contributed by atoms with Gasteiger partial charge >= 0.3 is 5.69 Å². The number of anilines is 1. The maximum Gasteiger partial charge on any atom is 0.332 e. The number of hydrogen-bond donors (Lipinski definition) is 1. The Morgan fingerprint density at radius 1 is 1.13 bits per heavy atom. The van der Waals surface area contributed by atoms with Crippen LogP contribution in [0.2, 0.25) is 0 Å². The number of rotatable bonds is 7. The molecule has 0 aliphatic heterocycles. The van der Waals surface area contributed by atoms with Crippen molar-refractivity contribution < 1.29 is 9.53 Å². The van der Waals surface area contributed by atoms with Crippen LogP contribution in [0, 0.1) is 0 Å². The Labute approximate surface area is 182 Å². The highest BCUT2D eigenvalue weighted by molar-refractivity contribution is 7.99. The lowest BCUT2D eigenvalue weighted by molar-refractivity contribution is 0.102. The van der Waals surface area contributed by atoms with Crippen molar-refractivity contribution in [2.75, 3.05) is 18.6 Å². The predicted molar refractivity (Wildman–Crippen MR) is 119 cm³/mol. The molecule has 0 amide bonds. The van der Waals surface area contributed by atoms with E-state index in [1.807, 2.05) is 42.7 Å². The average Bonchev–Trinajstić information content (AvgIpc) is 3.19. The van der Waals surface area contributed by atoms with E-state index in [-0.39, 0.29) is 23.2 Å². The van der Waals surface area contributed by atoms with Crippen molar-refractivity contribution in [1.82, 2.24) is 23.9 Å². The van der Waals surface area contributed by atoms with Gasteiger partial charge in [0.05, 0.1) is 12.9 Å². The van der Waals surface area contributed by atoms with Crippen LogP contribution in [-0.2, 0) is 14.1 Å². The number of aromatic nitrogens is 5. The Kier molecular flexibility index (Phi) is 6.34. The minimum absolute atomic E-state index is 0.0280. The fraction of sp³-hybridized carbons (Fsp3) is 0.350. The largest absolute Gasteiger partial charge is 0.497 e. The molecule has 10 nitrogen and oxygen atoms in total. The molecular weight excluding hydrogens is 420 g/mol. The van der Waals surface area contributed by atoms with Gasteiger partial charge in [0.15, 0.2) is 16.8 Å². The molecule has 0 aliphatic carbocycles.